The van der Waals surface area contributed by atoms with E-state index in [1.165, 1.54) is 30.3 Å². The maximum absolute atomic E-state index is 13.8. The van der Waals surface area contributed by atoms with Crippen LogP contribution in [0.1, 0.15) is 20.7 Å². The summed E-state index contributed by atoms with van der Waals surface area (Å²) in [5.41, 5.74) is 0.119. The topological polar surface area (TPSA) is 75.6 Å². The van der Waals surface area contributed by atoms with E-state index < -0.39 is 23.5 Å². The molecule has 0 unspecified atom stereocenters. The van der Waals surface area contributed by atoms with Crippen molar-refractivity contribution in [3.05, 3.63) is 89.5 Å². The van der Waals surface area contributed by atoms with E-state index in [9.17, 15) is 23.5 Å². The summed E-state index contributed by atoms with van der Waals surface area (Å²) in [4.78, 5) is 23.7. The van der Waals surface area contributed by atoms with E-state index in [1.807, 2.05) is 0 Å². The lowest BCUT2D eigenvalue weighted by atomic mass is 10.1. The summed E-state index contributed by atoms with van der Waals surface area (Å²) in [6, 6.07) is 15.4. The van der Waals surface area contributed by atoms with Crippen LogP contribution >= 0.6 is 0 Å². The first-order chi connectivity index (χ1) is 13.0. The van der Waals surface area contributed by atoms with Gasteiger partial charge in [0.2, 0.25) is 5.82 Å². The van der Waals surface area contributed by atoms with Crippen LogP contribution in [-0.4, -0.2) is 17.0 Å². The Morgan fingerprint density at radius 3 is 2.37 bits per heavy atom. The number of hydrogen-bond donors (Lipinski definition) is 2. The zero-order valence-corrected chi connectivity index (χ0v) is 13.8. The van der Waals surface area contributed by atoms with E-state index in [1.54, 1.807) is 30.3 Å². The Hall–Kier alpha value is -3.74. The molecule has 3 aromatic rings. The number of rotatable bonds is 5. The molecular weight excluding hydrogens is 356 g/mol. The molecule has 0 radical (unpaired) electrons. The number of hydrogen-bond acceptors (Lipinski definition) is 3. The Kier molecular flexibility index (Phi) is 5.12. The van der Waals surface area contributed by atoms with E-state index >= 15 is 0 Å². The molecule has 0 aliphatic heterocycles. The van der Waals surface area contributed by atoms with Gasteiger partial charge in [-0.15, -0.1) is 0 Å². The van der Waals surface area contributed by atoms with E-state index in [0.29, 0.717) is 5.56 Å². The molecule has 0 bridgehead atoms. The van der Waals surface area contributed by atoms with Crippen LogP contribution in [0.3, 0.4) is 0 Å². The monoisotopic (exact) mass is 369 g/mol. The minimum absolute atomic E-state index is 0.0351. The van der Waals surface area contributed by atoms with Crippen LogP contribution in [0.4, 0.5) is 14.5 Å². The molecule has 0 fully saturated rings. The molecule has 1 amide bonds. The predicted molar refractivity (Wildman–Crippen MR) is 94.2 cm³/mol. The highest BCUT2D eigenvalue weighted by molar-refractivity contribution is 6.07. The third-order valence-corrected chi connectivity index (χ3v) is 3.65. The molecule has 0 spiro atoms. The highest BCUT2D eigenvalue weighted by Gasteiger charge is 2.16. The maximum Gasteiger partial charge on any atom is 0.337 e. The van der Waals surface area contributed by atoms with Gasteiger partial charge in [0.25, 0.3) is 5.91 Å². The second kappa shape index (κ2) is 7.65. The molecule has 5 nitrogen and oxygen atoms in total. The van der Waals surface area contributed by atoms with E-state index in [-0.39, 0.29) is 22.7 Å². The fourth-order valence-electron chi connectivity index (χ4n) is 2.35. The molecule has 0 aliphatic rings. The Morgan fingerprint density at radius 2 is 1.67 bits per heavy atom. The predicted octanol–water partition coefficient (Wildman–Crippen LogP) is 4.71. The molecule has 0 aliphatic carbocycles. The lowest BCUT2D eigenvalue weighted by Gasteiger charge is -2.12. The van der Waals surface area contributed by atoms with Gasteiger partial charge in [-0.25, -0.2) is 9.18 Å². The Morgan fingerprint density at radius 1 is 0.926 bits per heavy atom. The average molecular weight is 369 g/mol. The number of amides is 1. The summed E-state index contributed by atoms with van der Waals surface area (Å²) in [6.07, 6.45) is 0. The maximum atomic E-state index is 13.8. The molecule has 0 atom stereocenters. The van der Waals surface area contributed by atoms with E-state index in [2.05, 4.69) is 5.32 Å². The first-order valence-corrected chi connectivity index (χ1v) is 7.81. The van der Waals surface area contributed by atoms with Crippen molar-refractivity contribution in [2.75, 3.05) is 5.32 Å². The molecule has 2 N–H and O–H groups in total. The standard InChI is InChI=1S/C20H13F2NO4/c21-15-7-4-8-17(18(15)22)27-13-9-10-14(20(25)26)16(11-13)23-19(24)12-5-2-1-3-6-12/h1-11H,(H,23,24)(H,25,26). The van der Waals surface area contributed by atoms with Gasteiger partial charge in [-0.1, -0.05) is 24.3 Å². The van der Waals surface area contributed by atoms with Crippen LogP contribution in [0.25, 0.3) is 0 Å². The van der Waals surface area contributed by atoms with Crippen molar-refractivity contribution in [1.29, 1.82) is 0 Å². The minimum Gasteiger partial charge on any atom is -0.478 e. The average Bonchev–Trinajstić information content (AvgIpc) is 2.66. The number of nitrogens with one attached hydrogen (secondary N) is 1. The molecule has 0 saturated carbocycles. The van der Waals surface area contributed by atoms with Crippen LogP contribution in [0, 0.1) is 11.6 Å². The third kappa shape index (κ3) is 4.09. The molecule has 136 valence electrons. The van der Waals surface area contributed by atoms with Gasteiger partial charge in [-0.3, -0.25) is 4.79 Å². The van der Waals surface area contributed by atoms with Crippen molar-refractivity contribution in [2.45, 2.75) is 0 Å². The summed E-state index contributed by atoms with van der Waals surface area (Å²) >= 11 is 0. The molecule has 3 rings (SSSR count). The fourth-order valence-corrected chi connectivity index (χ4v) is 2.35. The number of aromatic carboxylic acids is 1. The SMILES string of the molecule is O=C(Nc1cc(Oc2cccc(F)c2F)ccc1C(=O)O)c1ccccc1. The fraction of sp³-hybridized carbons (Fsp3) is 0. The number of carboxylic acids is 1. The van der Waals surface area contributed by atoms with E-state index in [0.717, 1.165) is 6.07 Å². The Bertz CT molecular complexity index is 1010. The molecule has 27 heavy (non-hydrogen) atoms. The van der Waals surface area contributed by atoms with Crippen molar-refractivity contribution in [3.63, 3.8) is 0 Å². The lowest BCUT2D eigenvalue weighted by molar-refractivity contribution is 0.0698. The quantitative estimate of drug-likeness (QED) is 0.683. The summed E-state index contributed by atoms with van der Waals surface area (Å²) < 4.78 is 32.4. The molecule has 3 aromatic carbocycles. The van der Waals surface area contributed by atoms with Gasteiger partial charge >= 0.3 is 5.97 Å². The van der Waals surface area contributed by atoms with Gasteiger partial charge in [-0.05, 0) is 36.4 Å². The first-order valence-electron chi connectivity index (χ1n) is 7.81. The third-order valence-electron chi connectivity index (χ3n) is 3.65. The van der Waals surface area contributed by atoms with Crippen molar-refractivity contribution in [1.82, 2.24) is 0 Å². The number of anilines is 1. The summed E-state index contributed by atoms with van der Waals surface area (Å²) in [5, 5.41) is 11.8. The highest BCUT2D eigenvalue weighted by Crippen LogP contribution is 2.29. The number of ether oxygens (including phenoxy) is 1. The number of halogens is 2. The number of carbonyl (C=O) groups excluding carboxylic acids is 1. The van der Waals surface area contributed by atoms with Crippen LogP contribution in [0.5, 0.6) is 11.5 Å². The van der Waals surface area contributed by atoms with Gasteiger partial charge in [-0.2, -0.15) is 4.39 Å². The molecule has 7 heteroatoms. The number of carboxylic acid groups (broad SMARTS) is 1. The molecule has 0 heterocycles. The molecule has 0 aromatic heterocycles. The number of benzene rings is 3. The van der Waals surface area contributed by atoms with Gasteiger partial charge in [0.05, 0.1) is 11.3 Å². The second-order valence-corrected chi connectivity index (χ2v) is 5.49. The van der Waals surface area contributed by atoms with Crippen molar-refractivity contribution in [2.24, 2.45) is 0 Å². The van der Waals surface area contributed by atoms with Crippen LogP contribution in [-0.2, 0) is 0 Å². The van der Waals surface area contributed by atoms with Gasteiger partial charge in [0.1, 0.15) is 5.75 Å². The summed E-state index contributed by atoms with van der Waals surface area (Å²) in [6.45, 7) is 0. The van der Waals surface area contributed by atoms with Gasteiger partial charge in [0.15, 0.2) is 11.6 Å². The number of carbonyl (C=O) groups is 2. The zero-order valence-electron chi connectivity index (χ0n) is 13.8. The zero-order chi connectivity index (χ0) is 19.4. The van der Waals surface area contributed by atoms with Crippen molar-refractivity contribution in [3.8, 4) is 11.5 Å². The Labute approximate surface area is 152 Å². The highest BCUT2D eigenvalue weighted by atomic mass is 19.2. The van der Waals surface area contributed by atoms with Gasteiger partial charge < -0.3 is 15.2 Å². The second-order valence-electron chi connectivity index (χ2n) is 5.49. The smallest absolute Gasteiger partial charge is 0.337 e. The summed E-state index contributed by atoms with van der Waals surface area (Å²) in [7, 11) is 0. The first kappa shape index (κ1) is 18.1. The lowest BCUT2D eigenvalue weighted by Crippen LogP contribution is -2.14. The normalized spacial score (nSPS) is 10.3. The van der Waals surface area contributed by atoms with Crippen LogP contribution in [0.15, 0.2) is 66.7 Å². The summed E-state index contributed by atoms with van der Waals surface area (Å²) in [5.74, 6) is -4.36. The van der Waals surface area contributed by atoms with E-state index in [4.69, 9.17) is 4.74 Å². The van der Waals surface area contributed by atoms with Crippen LogP contribution in [0.2, 0.25) is 0 Å². The Balaban J connectivity index is 1.92. The van der Waals surface area contributed by atoms with Gasteiger partial charge in [0, 0.05) is 11.6 Å². The van der Waals surface area contributed by atoms with Crippen molar-refractivity contribution >= 4 is 17.6 Å². The molecular formula is C20H13F2NO4. The largest absolute Gasteiger partial charge is 0.478 e. The van der Waals surface area contributed by atoms with Crippen molar-refractivity contribution < 1.29 is 28.2 Å². The molecule has 0 saturated heterocycles. The van der Waals surface area contributed by atoms with Crippen LogP contribution < -0.4 is 10.1 Å². The minimum atomic E-state index is -1.26.